The third-order valence-electron chi connectivity index (χ3n) is 2.25. The minimum Gasteiger partial charge on any atom is -0.491 e. The van der Waals surface area contributed by atoms with E-state index >= 15 is 0 Å². The Kier molecular flexibility index (Phi) is 5.97. The van der Waals surface area contributed by atoms with E-state index in [0.717, 1.165) is 18.9 Å². The summed E-state index contributed by atoms with van der Waals surface area (Å²) in [5, 5.41) is 17.9. The van der Waals surface area contributed by atoms with Crippen molar-refractivity contribution in [2.75, 3.05) is 20.3 Å². The standard InChI is InChI=1S/C11H16BFO4/c1-16-6-2-3-7-17-11-8-9(12(14)15)4-5-10(11)13/h4-5,8,14-15H,2-3,6-7H2,1H3. The maximum absolute atomic E-state index is 13.3. The first-order valence-electron chi connectivity index (χ1n) is 5.42. The Morgan fingerprint density at radius 3 is 2.59 bits per heavy atom. The number of ether oxygens (including phenoxy) is 2. The zero-order chi connectivity index (χ0) is 12.7. The highest BCUT2D eigenvalue weighted by Crippen LogP contribution is 2.15. The third-order valence-corrected chi connectivity index (χ3v) is 2.25. The van der Waals surface area contributed by atoms with E-state index in [1.54, 1.807) is 7.11 Å². The van der Waals surface area contributed by atoms with Crippen LogP contribution >= 0.6 is 0 Å². The van der Waals surface area contributed by atoms with Gasteiger partial charge in [0.05, 0.1) is 6.61 Å². The van der Waals surface area contributed by atoms with Gasteiger partial charge >= 0.3 is 7.12 Å². The number of hydrogen-bond donors (Lipinski definition) is 2. The largest absolute Gasteiger partial charge is 0.491 e. The van der Waals surface area contributed by atoms with Crippen LogP contribution in [0.5, 0.6) is 5.75 Å². The Bertz CT molecular complexity index is 346. The van der Waals surface area contributed by atoms with Crippen molar-refractivity contribution in [2.24, 2.45) is 0 Å². The molecule has 0 aromatic heterocycles. The number of unbranched alkanes of at least 4 members (excludes halogenated alkanes) is 1. The molecule has 0 heterocycles. The van der Waals surface area contributed by atoms with E-state index in [9.17, 15) is 4.39 Å². The zero-order valence-corrected chi connectivity index (χ0v) is 9.73. The molecule has 1 rings (SSSR count). The second-order valence-electron chi connectivity index (χ2n) is 3.61. The summed E-state index contributed by atoms with van der Waals surface area (Å²) in [6, 6.07) is 3.74. The molecule has 0 radical (unpaired) electrons. The lowest BCUT2D eigenvalue weighted by Crippen LogP contribution is -2.29. The van der Waals surface area contributed by atoms with Crippen LogP contribution in [-0.2, 0) is 4.74 Å². The lowest BCUT2D eigenvalue weighted by atomic mass is 9.80. The molecular weight excluding hydrogens is 226 g/mol. The SMILES string of the molecule is COCCCCOc1cc(B(O)O)ccc1F. The molecule has 0 amide bonds. The van der Waals surface area contributed by atoms with Gasteiger partial charge < -0.3 is 19.5 Å². The fourth-order valence-electron chi connectivity index (χ4n) is 1.32. The van der Waals surface area contributed by atoms with Crippen molar-refractivity contribution in [1.82, 2.24) is 0 Å². The maximum atomic E-state index is 13.3. The van der Waals surface area contributed by atoms with Gasteiger partial charge in [0, 0.05) is 13.7 Å². The van der Waals surface area contributed by atoms with Gasteiger partial charge in [0.1, 0.15) is 0 Å². The number of halogens is 1. The van der Waals surface area contributed by atoms with Gasteiger partial charge in [-0.25, -0.2) is 4.39 Å². The molecule has 4 nitrogen and oxygen atoms in total. The molecule has 0 aliphatic heterocycles. The minimum absolute atomic E-state index is 0.0352. The minimum atomic E-state index is -1.62. The predicted molar refractivity (Wildman–Crippen MR) is 62.8 cm³/mol. The molecule has 1 aromatic carbocycles. The Hall–Kier alpha value is -1.11. The van der Waals surface area contributed by atoms with E-state index < -0.39 is 12.9 Å². The molecule has 0 aliphatic rings. The van der Waals surface area contributed by atoms with E-state index in [0.29, 0.717) is 13.2 Å². The second-order valence-corrected chi connectivity index (χ2v) is 3.61. The summed E-state index contributed by atoms with van der Waals surface area (Å²) in [7, 11) is -0.00134. The van der Waals surface area contributed by atoms with Gasteiger partial charge in [-0.15, -0.1) is 0 Å². The lowest BCUT2D eigenvalue weighted by Gasteiger charge is -2.08. The quantitative estimate of drug-likeness (QED) is 0.533. The molecule has 0 saturated heterocycles. The smallest absolute Gasteiger partial charge is 0.488 e. The van der Waals surface area contributed by atoms with Gasteiger partial charge in [0.15, 0.2) is 11.6 Å². The number of hydrogen-bond acceptors (Lipinski definition) is 4. The Morgan fingerprint density at radius 1 is 1.24 bits per heavy atom. The summed E-state index contributed by atoms with van der Waals surface area (Å²) >= 11 is 0. The van der Waals surface area contributed by atoms with Crippen molar-refractivity contribution >= 4 is 12.6 Å². The molecular formula is C11H16BFO4. The van der Waals surface area contributed by atoms with E-state index in [2.05, 4.69) is 0 Å². The average Bonchev–Trinajstić information content (AvgIpc) is 2.30. The summed E-state index contributed by atoms with van der Waals surface area (Å²) < 4.78 is 23.4. The van der Waals surface area contributed by atoms with Crippen LogP contribution in [-0.4, -0.2) is 37.5 Å². The molecule has 0 aliphatic carbocycles. The molecule has 94 valence electrons. The van der Waals surface area contributed by atoms with Crippen molar-refractivity contribution in [2.45, 2.75) is 12.8 Å². The van der Waals surface area contributed by atoms with Gasteiger partial charge in [-0.3, -0.25) is 0 Å². The maximum Gasteiger partial charge on any atom is 0.488 e. The lowest BCUT2D eigenvalue weighted by molar-refractivity contribution is 0.183. The molecule has 0 unspecified atom stereocenters. The van der Waals surface area contributed by atoms with Gasteiger partial charge in [0.25, 0.3) is 0 Å². The number of methoxy groups -OCH3 is 1. The third kappa shape index (κ3) is 4.72. The molecule has 6 heteroatoms. The molecule has 0 saturated carbocycles. The van der Waals surface area contributed by atoms with E-state index in [-0.39, 0.29) is 11.2 Å². The summed E-state index contributed by atoms with van der Waals surface area (Å²) in [5.74, 6) is -0.478. The van der Waals surface area contributed by atoms with Crippen LogP contribution in [0.1, 0.15) is 12.8 Å². The highest BCUT2D eigenvalue weighted by Gasteiger charge is 2.14. The van der Waals surface area contributed by atoms with Gasteiger partial charge in [-0.2, -0.15) is 0 Å². The van der Waals surface area contributed by atoms with Crippen LogP contribution in [0.3, 0.4) is 0 Å². The highest BCUT2D eigenvalue weighted by atomic mass is 19.1. The molecule has 0 bridgehead atoms. The van der Waals surface area contributed by atoms with Crippen molar-refractivity contribution in [3.8, 4) is 5.75 Å². The topological polar surface area (TPSA) is 58.9 Å². The zero-order valence-electron chi connectivity index (χ0n) is 9.73. The van der Waals surface area contributed by atoms with Gasteiger partial charge in [-0.05, 0) is 30.4 Å². The van der Waals surface area contributed by atoms with E-state index in [1.807, 2.05) is 0 Å². The predicted octanol–water partition coefficient (Wildman–Crippen LogP) is 0.311. The molecule has 0 atom stereocenters. The van der Waals surface area contributed by atoms with Crippen molar-refractivity contribution in [1.29, 1.82) is 0 Å². The fourth-order valence-corrected chi connectivity index (χ4v) is 1.32. The Labute approximate surface area is 100 Å². The average molecular weight is 242 g/mol. The number of benzene rings is 1. The summed E-state index contributed by atoms with van der Waals surface area (Å²) in [5.41, 5.74) is 0.207. The summed E-state index contributed by atoms with van der Waals surface area (Å²) in [4.78, 5) is 0. The normalized spacial score (nSPS) is 10.4. The van der Waals surface area contributed by atoms with Gasteiger partial charge in [-0.1, -0.05) is 6.07 Å². The van der Waals surface area contributed by atoms with Crippen LogP contribution in [0.2, 0.25) is 0 Å². The molecule has 2 N–H and O–H groups in total. The van der Waals surface area contributed by atoms with E-state index in [4.69, 9.17) is 19.5 Å². The molecule has 17 heavy (non-hydrogen) atoms. The van der Waals surface area contributed by atoms with E-state index in [1.165, 1.54) is 12.1 Å². The first-order chi connectivity index (χ1) is 8.15. The van der Waals surface area contributed by atoms with Crippen molar-refractivity contribution in [3.05, 3.63) is 24.0 Å². The van der Waals surface area contributed by atoms with Crippen LogP contribution in [0.25, 0.3) is 0 Å². The highest BCUT2D eigenvalue weighted by molar-refractivity contribution is 6.58. The Morgan fingerprint density at radius 2 is 1.94 bits per heavy atom. The Balaban J connectivity index is 2.49. The second kappa shape index (κ2) is 7.27. The van der Waals surface area contributed by atoms with Crippen LogP contribution in [0.15, 0.2) is 18.2 Å². The molecule has 0 spiro atoms. The monoisotopic (exact) mass is 242 g/mol. The van der Waals surface area contributed by atoms with Crippen LogP contribution < -0.4 is 10.2 Å². The van der Waals surface area contributed by atoms with Crippen LogP contribution in [0.4, 0.5) is 4.39 Å². The van der Waals surface area contributed by atoms with Gasteiger partial charge in [0.2, 0.25) is 0 Å². The first-order valence-corrected chi connectivity index (χ1v) is 5.42. The van der Waals surface area contributed by atoms with Crippen molar-refractivity contribution < 1.29 is 23.9 Å². The summed E-state index contributed by atoms with van der Waals surface area (Å²) in [6.07, 6.45) is 1.58. The number of rotatable bonds is 7. The van der Waals surface area contributed by atoms with Crippen molar-refractivity contribution in [3.63, 3.8) is 0 Å². The van der Waals surface area contributed by atoms with Crippen LogP contribution in [0, 0.1) is 5.82 Å². The molecule has 1 aromatic rings. The fraction of sp³-hybridized carbons (Fsp3) is 0.455. The first kappa shape index (κ1) is 14.0. The molecule has 0 fully saturated rings. The summed E-state index contributed by atoms with van der Waals surface area (Å²) in [6.45, 7) is 1.01.